The minimum atomic E-state index is -1.05. The van der Waals surface area contributed by atoms with E-state index in [1.807, 2.05) is 0 Å². The minimum absolute atomic E-state index is 0.00619. The van der Waals surface area contributed by atoms with Gasteiger partial charge in [0, 0.05) is 18.8 Å². The van der Waals surface area contributed by atoms with E-state index in [0.29, 0.717) is 24.7 Å². The van der Waals surface area contributed by atoms with Gasteiger partial charge in [0.15, 0.2) is 5.69 Å². The molecular weight excluding hydrogens is 244 g/mol. The molecule has 1 unspecified atom stereocenters. The van der Waals surface area contributed by atoms with Gasteiger partial charge in [0.05, 0.1) is 13.2 Å². The first-order valence-corrected chi connectivity index (χ1v) is 6.01. The largest absolute Gasteiger partial charge is 0.476 e. The van der Waals surface area contributed by atoms with Crippen molar-refractivity contribution in [3.63, 3.8) is 0 Å². The fourth-order valence-electron chi connectivity index (χ4n) is 1.62. The van der Waals surface area contributed by atoms with E-state index in [2.05, 4.69) is 4.98 Å². The summed E-state index contributed by atoms with van der Waals surface area (Å²) in [5.74, 6) is -1.06. The number of aromatic carboxylic acids is 1. The maximum Gasteiger partial charge on any atom is 0.355 e. The average molecular weight is 256 g/mol. The van der Waals surface area contributed by atoms with E-state index in [-0.39, 0.29) is 17.7 Å². The van der Waals surface area contributed by atoms with Gasteiger partial charge in [-0.3, -0.25) is 4.79 Å². The molecule has 2 rings (SSSR count). The standard InChI is InChI=1S/C10H12N2O4S/c1-6(13)12-2-3-16-8(4-12)9-11-7(5-17-9)10(14)15/h5,8H,2-4H2,1H3,(H,14,15). The molecule has 1 atom stereocenters. The number of carbonyl (C=O) groups excluding carboxylic acids is 1. The van der Waals surface area contributed by atoms with E-state index < -0.39 is 5.97 Å². The average Bonchev–Trinajstić information content (AvgIpc) is 2.78. The van der Waals surface area contributed by atoms with Crippen molar-refractivity contribution in [3.8, 4) is 0 Å². The smallest absolute Gasteiger partial charge is 0.355 e. The minimum Gasteiger partial charge on any atom is -0.476 e. The number of rotatable bonds is 2. The van der Waals surface area contributed by atoms with E-state index >= 15 is 0 Å². The SMILES string of the molecule is CC(=O)N1CCOC(c2nc(C(=O)O)cs2)C1. The summed E-state index contributed by atoms with van der Waals surface area (Å²) < 4.78 is 5.50. The molecule has 6 nitrogen and oxygen atoms in total. The van der Waals surface area contributed by atoms with Crippen molar-refractivity contribution >= 4 is 23.2 Å². The van der Waals surface area contributed by atoms with Gasteiger partial charge >= 0.3 is 5.97 Å². The number of thiazole rings is 1. The molecule has 1 saturated heterocycles. The molecule has 7 heteroatoms. The highest BCUT2D eigenvalue weighted by Crippen LogP contribution is 2.25. The van der Waals surface area contributed by atoms with Crippen LogP contribution in [0, 0.1) is 0 Å². The van der Waals surface area contributed by atoms with Crippen molar-refractivity contribution in [3.05, 3.63) is 16.1 Å². The third kappa shape index (κ3) is 2.62. The highest BCUT2D eigenvalue weighted by molar-refractivity contribution is 7.09. The molecule has 1 aliphatic rings. The van der Waals surface area contributed by atoms with Crippen LogP contribution in [0.1, 0.15) is 28.5 Å². The zero-order chi connectivity index (χ0) is 12.4. The van der Waals surface area contributed by atoms with Gasteiger partial charge < -0.3 is 14.7 Å². The lowest BCUT2D eigenvalue weighted by molar-refractivity contribution is -0.136. The van der Waals surface area contributed by atoms with Gasteiger partial charge in [-0.2, -0.15) is 0 Å². The monoisotopic (exact) mass is 256 g/mol. The molecule has 0 aliphatic carbocycles. The molecule has 0 radical (unpaired) electrons. The van der Waals surface area contributed by atoms with E-state index in [1.165, 1.54) is 23.6 Å². The van der Waals surface area contributed by atoms with Crippen molar-refractivity contribution in [2.75, 3.05) is 19.7 Å². The van der Waals surface area contributed by atoms with Crippen LogP contribution in [0.15, 0.2) is 5.38 Å². The number of carbonyl (C=O) groups is 2. The van der Waals surface area contributed by atoms with Crippen molar-refractivity contribution in [2.24, 2.45) is 0 Å². The number of carboxylic acid groups (broad SMARTS) is 1. The number of hydrogen-bond acceptors (Lipinski definition) is 5. The van der Waals surface area contributed by atoms with Gasteiger partial charge in [0.1, 0.15) is 11.1 Å². The summed E-state index contributed by atoms with van der Waals surface area (Å²) >= 11 is 1.24. The summed E-state index contributed by atoms with van der Waals surface area (Å²) in [6.07, 6.45) is -0.314. The fourth-order valence-corrected chi connectivity index (χ4v) is 2.45. The quantitative estimate of drug-likeness (QED) is 0.845. The molecular formula is C10H12N2O4S. The van der Waals surface area contributed by atoms with Crippen LogP contribution < -0.4 is 0 Å². The Morgan fingerprint density at radius 2 is 2.41 bits per heavy atom. The lowest BCUT2D eigenvalue weighted by Gasteiger charge is -2.31. The fraction of sp³-hybridized carbons (Fsp3) is 0.500. The second-order valence-corrected chi connectivity index (χ2v) is 4.59. The number of ether oxygens (including phenoxy) is 1. The molecule has 0 bridgehead atoms. The Kier molecular flexibility index (Phi) is 3.39. The second kappa shape index (κ2) is 4.80. The Labute approximate surface area is 102 Å². The summed E-state index contributed by atoms with van der Waals surface area (Å²) in [6.45, 7) is 2.96. The predicted molar refractivity (Wildman–Crippen MR) is 60.0 cm³/mol. The summed E-state index contributed by atoms with van der Waals surface area (Å²) in [7, 11) is 0. The highest BCUT2D eigenvalue weighted by Gasteiger charge is 2.26. The van der Waals surface area contributed by atoms with Gasteiger partial charge in [0.2, 0.25) is 5.91 Å². The molecule has 17 heavy (non-hydrogen) atoms. The molecule has 0 aromatic carbocycles. The van der Waals surface area contributed by atoms with Crippen LogP contribution in [0.4, 0.5) is 0 Å². The lowest BCUT2D eigenvalue weighted by atomic mass is 10.3. The highest BCUT2D eigenvalue weighted by atomic mass is 32.1. The number of hydrogen-bond donors (Lipinski definition) is 1. The van der Waals surface area contributed by atoms with Crippen LogP contribution in [0.5, 0.6) is 0 Å². The third-order valence-electron chi connectivity index (χ3n) is 2.53. The van der Waals surface area contributed by atoms with Crippen LogP contribution in [0.2, 0.25) is 0 Å². The number of carboxylic acids is 1. The Hall–Kier alpha value is -1.47. The Morgan fingerprint density at radius 3 is 3.00 bits per heavy atom. The molecule has 1 aromatic rings. The van der Waals surface area contributed by atoms with Crippen LogP contribution in [0.3, 0.4) is 0 Å². The van der Waals surface area contributed by atoms with E-state index in [0.717, 1.165) is 0 Å². The summed E-state index contributed by atoms with van der Waals surface area (Å²) in [5.41, 5.74) is 0.0218. The van der Waals surface area contributed by atoms with E-state index in [4.69, 9.17) is 9.84 Å². The van der Waals surface area contributed by atoms with Crippen LogP contribution in [-0.4, -0.2) is 46.6 Å². The van der Waals surface area contributed by atoms with Crippen molar-refractivity contribution in [2.45, 2.75) is 13.0 Å². The molecule has 2 heterocycles. The second-order valence-electron chi connectivity index (χ2n) is 3.70. The van der Waals surface area contributed by atoms with Gasteiger partial charge in [-0.15, -0.1) is 11.3 Å². The number of amides is 1. The van der Waals surface area contributed by atoms with Crippen LogP contribution >= 0.6 is 11.3 Å². The Balaban J connectivity index is 2.10. The molecule has 0 spiro atoms. The van der Waals surface area contributed by atoms with Gasteiger partial charge in [-0.25, -0.2) is 9.78 Å². The lowest BCUT2D eigenvalue weighted by Crippen LogP contribution is -2.41. The normalized spacial score (nSPS) is 20.3. The summed E-state index contributed by atoms with van der Waals surface area (Å²) in [5, 5.41) is 10.9. The number of nitrogens with zero attached hydrogens (tertiary/aromatic N) is 2. The Bertz CT molecular complexity index is 445. The first-order valence-electron chi connectivity index (χ1n) is 5.13. The maximum atomic E-state index is 11.2. The summed E-state index contributed by atoms with van der Waals surface area (Å²) in [4.78, 5) is 27.6. The zero-order valence-corrected chi connectivity index (χ0v) is 10.1. The van der Waals surface area contributed by atoms with Crippen molar-refractivity contribution < 1.29 is 19.4 Å². The third-order valence-corrected chi connectivity index (χ3v) is 3.47. The molecule has 1 aromatic heterocycles. The topological polar surface area (TPSA) is 79.7 Å². The molecule has 1 amide bonds. The molecule has 0 saturated carbocycles. The summed E-state index contributed by atoms with van der Waals surface area (Å²) in [6, 6.07) is 0. The Morgan fingerprint density at radius 1 is 1.65 bits per heavy atom. The van der Waals surface area contributed by atoms with E-state index in [1.54, 1.807) is 4.90 Å². The van der Waals surface area contributed by atoms with Crippen LogP contribution in [-0.2, 0) is 9.53 Å². The molecule has 92 valence electrons. The van der Waals surface area contributed by atoms with Crippen molar-refractivity contribution in [1.82, 2.24) is 9.88 Å². The molecule has 1 N–H and O–H groups in total. The first kappa shape index (κ1) is 12.0. The predicted octanol–water partition coefficient (Wildman–Crippen LogP) is 0.761. The molecule has 1 aliphatic heterocycles. The number of aromatic nitrogens is 1. The molecule has 1 fully saturated rings. The van der Waals surface area contributed by atoms with Crippen LogP contribution in [0.25, 0.3) is 0 Å². The van der Waals surface area contributed by atoms with Crippen molar-refractivity contribution in [1.29, 1.82) is 0 Å². The first-order chi connectivity index (χ1) is 8.08. The van der Waals surface area contributed by atoms with E-state index in [9.17, 15) is 9.59 Å². The zero-order valence-electron chi connectivity index (χ0n) is 9.25. The number of morpholine rings is 1. The van der Waals surface area contributed by atoms with Gasteiger partial charge in [-0.05, 0) is 0 Å². The van der Waals surface area contributed by atoms with Gasteiger partial charge in [0.25, 0.3) is 0 Å². The van der Waals surface area contributed by atoms with Gasteiger partial charge in [-0.1, -0.05) is 0 Å². The maximum absolute atomic E-state index is 11.2.